The van der Waals surface area contributed by atoms with Crippen molar-refractivity contribution in [3.8, 4) is 0 Å². The van der Waals surface area contributed by atoms with Gasteiger partial charge in [0.1, 0.15) is 0 Å². The molecule has 1 aromatic heterocycles. The van der Waals surface area contributed by atoms with Crippen molar-refractivity contribution in [3.63, 3.8) is 0 Å². The van der Waals surface area contributed by atoms with Crippen LogP contribution in [0, 0.1) is 0 Å². The van der Waals surface area contributed by atoms with E-state index in [4.69, 9.17) is 4.74 Å². The summed E-state index contributed by atoms with van der Waals surface area (Å²) in [5.74, 6) is -0.707. The van der Waals surface area contributed by atoms with Crippen molar-refractivity contribution in [1.29, 1.82) is 0 Å². The minimum Gasteiger partial charge on any atom is -0.465 e. The maximum absolute atomic E-state index is 12.6. The van der Waals surface area contributed by atoms with E-state index in [1.54, 1.807) is 6.07 Å². The number of rotatable bonds is 5. The first-order chi connectivity index (χ1) is 14.7. The Morgan fingerprint density at radius 2 is 1.63 bits per heavy atom. The van der Waals surface area contributed by atoms with E-state index in [9.17, 15) is 9.59 Å². The molecule has 4 rings (SSSR count). The van der Waals surface area contributed by atoms with Gasteiger partial charge in [0.05, 0.1) is 37.1 Å². The first kappa shape index (κ1) is 19.8. The highest BCUT2D eigenvalue weighted by Crippen LogP contribution is 2.32. The molecule has 1 aliphatic carbocycles. The van der Waals surface area contributed by atoms with Gasteiger partial charge in [0.15, 0.2) is 0 Å². The molecule has 1 heterocycles. The molecular weight excluding hydrogens is 378 g/mol. The zero-order chi connectivity index (χ0) is 20.9. The average molecular weight is 401 g/mol. The zero-order valence-electron chi connectivity index (χ0n) is 16.7. The van der Waals surface area contributed by atoms with Crippen LogP contribution in [0.3, 0.4) is 0 Å². The van der Waals surface area contributed by atoms with Crippen LogP contribution in [0.15, 0.2) is 67.0 Å². The van der Waals surface area contributed by atoms with Crippen molar-refractivity contribution in [2.45, 2.75) is 18.9 Å². The lowest BCUT2D eigenvalue weighted by Gasteiger charge is -2.21. The Bertz CT molecular complexity index is 1030. The van der Waals surface area contributed by atoms with Gasteiger partial charge < -0.3 is 10.1 Å². The zero-order valence-corrected chi connectivity index (χ0v) is 16.7. The molecule has 0 unspecified atom stereocenters. The van der Waals surface area contributed by atoms with E-state index in [1.807, 2.05) is 12.1 Å². The molecule has 30 heavy (non-hydrogen) atoms. The lowest BCUT2D eigenvalue weighted by atomic mass is 9.94. The van der Waals surface area contributed by atoms with Gasteiger partial charge in [-0.25, -0.2) is 4.79 Å². The Kier molecular flexibility index (Phi) is 5.86. The van der Waals surface area contributed by atoms with E-state index < -0.39 is 5.97 Å². The third kappa shape index (κ3) is 4.23. The number of anilines is 1. The topological polar surface area (TPSA) is 80.3 Å². The molecule has 0 radical (unpaired) electrons. The number of fused-ring (bicyclic) bond motifs is 2. The first-order valence-electron chi connectivity index (χ1n) is 9.88. The van der Waals surface area contributed by atoms with Gasteiger partial charge in [0.2, 0.25) is 5.91 Å². The molecule has 152 valence electrons. The van der Waals surface area contributed by atoms with Crippen LogP contribution in [0.1, 0.15) is 38.7 Å². The molecule has 0 fully saturated rings. The molecule has 0 spiro atoms. The summed E-state index contributed by atoms with van der Waals surface area (Å²) >= 11 is 0. The number of aromatic nitrogens is 1. The minimum atomic E-state index is -0.497. The number of nitrogens with zero attached hydrogens (tertiary/aromatic N) is 1. The van der Waals surface area contributed by atoms with Gasteiger partial charge in [-0.05, 0) is 41.2 Å². The number of amides is 1. The number of carbonyl (C=O) groups excluding carboxylic acids is 2. The number of nitrogens with one attached hydrogen (secondary N) is 2. The van der Waals surface area contributed by atoms with Gasteiger partial charge in [-0.2, -0.15) is 0 Å². The highest BCUT2D eigenvalue weighted by molar-refractivity contribution is 5.94. The Morgan fingerprint density at radius 3 is 2.27 bits per heavy atom. The summed E-state index contributed by atoms with van der Waals surface area (Å²) in [7, 11) is 1.31. The summed E-state index contributed by atoms with van der Waals surface area (Å²) in [6, 6.07) is 18.2. The normalized spacial score (nSPS) is 13.0. The van der Waals surface area contributed by atoms with Crippen molar-refractivity contribution >= 4 is 17.6 Å². The van der Waals surface area contributed by atoms with Gasteiger partial charge in [-0.3, -0.25) is 15.1 Å². The van der Waals surface area contributed by atoms with Crippen LogP contribution in [-0.2, 0) is 22.4 Å². The van der Waals surface area contributed by atoms with E-state index in [1.165, 1.54) is 41.8 Å². The molecule has 0 saturated carbocycles. The number of ether oxygens (including phenoxy) is 1. The molecule has 1 aliphatic rings. The number of hydrogen-bond donors (Lipinski definition) is 2. The fraction of sp³-hybridized carbons (Fsp3) is 0.208. The third-order valence-corrected chi connectivity index (χ3v) is 5.31. The minimum absolute atomic E-state index is 0.0646. The Balaban J connectivity index is 1.51. The lowest BCUT2D eigenvalue weighted by Crippen LogP contribution is -2.32. The number of carbonyl (C=O) groups is 2. The predicted octanol–water partition coefficient (Wildman–Crippen LogP) is 3.28. The molecule has 0 saturated heterocycles. The van der Waals surface area contributed by atoms with Gasteiger partial charge in [0.25, 0.3) is 0 Å². The van der Waals surface area contributed by atoms with Crippen LogP contribution in [-0.4, -0.2) is 30.5 Å². The summed E-state index contributed by atoms with van der Waals surface area (Å²) in [5.41, 5.74) is 5.72. The first-order valence-corrected chi connectivity index (χ1v) is 9.88. The molecule has 0 atom stereocenters. The van der Waals surface area contributed by atoms with Crippen molar-refractivity contribution in [3.05, 3.63) is 94.8 Å². The second-order valence-corrected chi connectivity index (χ2v) is 7.21. The van der Waals surface area contributed by atoms with Crippen molar-refractivity contribution < 1.29 is 14.3 Å². The summed E-state index contributed by atoms with van der Waals surface area (Å²) in [4.78, 5) is 28.3. The van der Waals surface area contributed by atoms with Crippen LogP contribution in [0.4, 0.5) is 5.69 Å². The van der Waals surface area contributed by atoms with Gasteiger partial charge in [-0.15, -0.1) is 0 Å². The predicted molar refractivity (Wildman–Crippen MR) is 114 cm³/mol. The fourth-order valence-corrected chi connectivity index (χ4v) is 3.88. The Hall–Kier alpha value is -3.51. The van der Waals surface area contributed by atoms with Crippen LogP contribution < -0.4 is 10.6 Å². The summed E-state index contributed by atoms with van der Waals surface area (Å²) in [5, 5.41) is 6.21. The number of pyridine rings is 1. The molecule has 2 N–H and O–H groups in total. The van der Waals surface area contributed by atoms with Crippen LogP contribution >= 0.6 is 0 Å². The summed E-state index contributed by atoms with van der Waals surface area (Å²) in [6.45, 7) is 0.121. The second kappa shape index (κ2) is 8.88. The quantitative estimate of drug-likeness (QED) is 0.642. The molecule has 2 aromatic carbocycles. The van der Waals surface area contributed by atoms with E-state index in [-0.39, 0.29) is 24.1 Å². The third-order valence-electron chi connectivity index (χ3n) is 5.31. The monoisotopic (exact) mass is 401 g/mol. The van der Waals surface area contributed by atoms with E-state index in [0.29, 0.717) is 5.69 Å². The highest BCUT2D eigenvalue weighted by Gasteiger charge is 2.23. The molecule has 0 aliphatic heterocycles. The van der Waals surface area contributed by atoms with Crippen LogP contribution in [0.5, 0.6) is 0 Å². The van der Waals surface area contributed by atoms with E-state index in [0.717, 1.165) is 12.8 Å². The molecular formula is C24H23N3O3. The number of benzene rings is 2. The van der Waals surface area contributed by atoms with Crippen LogP contribution in [0.2, 0.25) is 0 Å². The summed E-state index contributed by atoms with van der Waals surface area (Å²) in [6.07, 6.45) is 4.85. The number of hydrogen-bond acceptors (Lipinski definition) is 5. The van der Waals surface area contributed by atoms with Gasteiger partial charge in [0, 0.05) is 6.20 Å². The van der Waals surface area contributed by atoms with Gasteiger partial charge in [-0.1, -0.05) is 48.5 Å². The Morgan fingerprint density at radius 1 is 1.00 bits per heavy atom. The standard InChI is InChI=1S/C24H23N3O3/c1-30-24(29)18-12-19(14-25-13-18)27-22(28)15-26-23-20-8-4-2-6-16(20)10-11-17-7-3-5-9-21(17)23/h2-9,12-14,23,26H,10-11,15H2,1H3,(H,27,28). The fourth-order valence-electron chi connectivity index (χ4n) is 3.88. The van der Waals surface area contributed by atoms with E-state index >= 15 is 0 Å². The molecule has 1 amide bonds. The number of aryl methyl sites for hydroxylation is 2. The van der Waals surface area contributed by atoms with Crippen molar-refractivity contribution in [2.75, 3.05) is 19.0 Å². The summed E-state index contributed by atoms with van der Waals surface area (Å²) < 4.78 is 4.70. The Labute approximate surface area is 175 Å². The van der Waals surface area contributed by atoms with Gasteiger partial charge >= 0.3 is 5.97 Å². The largest absolute Gasteiger partial charge is 0.465 e. The second-order valence-electron chi connectivity index (χ2n) is 7.21. The smallest absolute Gasteiger partial charge is 0.339 e. The number of esters is 1. The van der Waals surface area contributed by atoms with Crippen molar-refractivity contribution in [2.24, 2.45) is 0 Å². The highest BCUT2D eigenvalue weighted by atomic mass is 16.5. The van der Waals surface area contributed by atoms with Crippen LogP contribution in [0.25, 0.3) is 0 Å². The van der Waals surface area contributed by atoms with E-state index in [2.05, 4.69) is 52.0 Å². The maximum Gasteiger partial charge on any atom is 0.339 e. The average Bonchev–Trinajstić information content (AvgIpc) is 2.94. The molecule has 6 nitrogen and oxygen atoms in total. The number of methoxy groups -OCH3 is 1. The molecule has 3 aromatic rings. The SMILES string of the molecule is COC(=O)c1cncc(NC(=O)CNC2c3ccccc3CCc3ccccc32)c1. The van der Waals surface area contributed by atoms with Crippen molar-refractivity contribution in [1.82, 2.24) is 10.3 Å². The molecule has 0 bridgehead atoms. The maximum atomic E-state index is 12.6. The lowest BCUT2D eigenvalue weighted by molar-refractivity contribution is -0.115. The molecule has 6 heteroatoms.